The highest BCUT2D eigenvalue weighted by molar-refractivity contribution is 6.33. The van der Waals surface area contributed by atoms with Gasteiger partial charge in [0.05, 0.1) is 10.6 Å². The van der Waals surface area contributed by atoms with Gasteiger partial charge in [-0.25, -0.2) is 4.98 Å². The molecule has 17 heavy (non-hydrogen) atoms. The monoisotopic (exact) mass is 253 g/mol. The van der Waals surface area contributed by atoms with Crippen LogP contribution in [0.4, 0.5) is 5.82 Å². The van der Waals surface area contributed by atoms with Gasteiger partial charge in [-0.2, -0.15) is 0 Å². The lowest BCUT2D eigenvalue weighted by molar-refractivity contribution is 0.0935. The van der Waals surface area contributed by atoms with Gasteiger partial charge in [0.1, 0.15) is 5.82 Å². The Balaban J connectivity index is 2.17. The predicted octanol–water partition coefficient (Wildman–Crippen LogP) is 2.45. The average Bonchev–Trinajstić information content (AvgIpc) is 2.99. The number of halogens is 1. The molecular formula is C12H16ClN3O. The Morgan fingerprint density at radius 3 is 2.88 bits per heavy atom. The molecule has 1 aliphatic rings. The largest absolute Gasteiger partial charge is 0.370 e. The zero-order valence-corrected chi connectivity index (χ0v) is 10.8. The molecule has 1 amide bonds. The van der Waals surface area contributed by atoms with E-state index in [1.165, 1.54) is 6.20 Å². The Bertz CT molecular complexity index is 443. The maximum Gasteiger partial charge on any atom is 0.253 e. The number of carbonyl (C=O) groups is 1. The topological polar surface area (TPSA) is 54.0 Å². The van der Waals surface area contributed by atoms with Gasteiger partial charge in [-0.1, -0.05) is 11.6 Å². The number of amides is 1. The van der Waals surface area contributed by atoms with Gasteiger partial charge in [-0.05, 0) is 32.8 Å². The molecule has 0 aromatic carbocycles. The molecule has 5 heteroatoms. The minimum atomic E-state index is -0.128. The van der Waals surface area contributed by atoms with E-state index in [9.17, 15) is 4.79 Å². The molecular weight excluding hydrogens is 238 g/mol. The normalized spacial score (nSPS) is 16.4. The smallest absolute Gasteiger partial charge is 0.253 e. The third-order valence-corrected chi connectivity index (χ3v) is 3.17. The second kappa shape index (κ2) is 4.53. The van der Waals surface area contributed by atoms with E-state index in [1.807, 2.05) is 13.8 Å². The zero-order valence-electron chi connectivity index (χ0n) is 10.0. The molecule has 0 bridgehead atoms. The Morgan fingerprint density at radius 1 is 1.59 bits per heavy atom. The first-order valence-corrected chi connectivity index (χ1v) is 6.14. The van der Waals surface area contributed by atoms with E-state index in [1.54, 1.807) is 6.07 Å². The van der Waals surface area contributed by atoms with Crippen molar-refractivity contribution in [3.05, 3.63) is 22.8 Å². The number of rotatable bonds is 4. The fourth-order valence-electron chi connectivity index (χ4n) is 1.54. The summed E-state index contributed by atoms with van der Waals surface area (Å²) in [5.74, 6) is 0.541. The van der Waals surface area contributed by atoms with Gasteiger partial charge in [0.2, 0.25) is 0 Å². The van der Waals surface area contributed by atoms with Crippen LogP contribution in [0.3, 0.4) is 0 Å². The predicted molar refractivity (Wildman–Crippen MR) is 68.5 cm³/mol. The summed E-state index contributed by atoms with van der Waals surface area (Å²) >= 11 is 5.99. The minimum absolute atomic E-state index is 0.0397. The highest BCUT2D eigenvalue weighted by Crippen LogP contribution is 2.35. The van der Waals surface area contributed by atoms with E-state index >= 15 is 0 Å². The lowest BCUT2D eigenvalue weighted by Crippen LogP contribution is -2.34. The SMILES string of the molecule is CCNc1cc(C(=O)NC2(C)CC2)c(Cl)cn1. The summed E-state index contributed by atoms with van der Waals surface area (Å²) in [4.78, 5) is 16.1. The maximum atomic E-state index is 12.0. The molecule has 1 saturated carbocycles. The molecule has 1 fully saturated rings. The van der Waals surface area contributed by atoms with Crippen LogP contribution in [0.2, 0.25) is 5.02 Å². The van der Waals surface area contributed by atoms with Gasteiger partial charge in [0.15, 0.2) is 0 Å². The van der Waals surface area contributed by atoms with Crippen LogP contribution in [0.15, 0.2) is 12.3 Å². The van der Waals surface area contributed by atoms with Gasteiger partial charge >= 0.3 is 0 Å². The molecule has 1 aromatic heterocycles. The van der Waals surface area contributed by atoms with Crippen LogP contribution in [0.25, 0.3) is 0 Å². The molecule has 1 aromatic rings. The summed E-state index contributed by atoms with van der Waals surface area (Å²) < 4.78 is 0. The molecule has 2 rings (SSSR count). The van der Waals surface area contributed by atoms with Crippen LogP contribution in [-0.2, 0) is 0 Å². The van der Waals surface area contributed by atoms with Gasteiger partial charge in [-0.15, -0.1) is 0 Å². The molecule has 2 N–H and O–H groups in total. The average molecular weight is 254 g/mol. The number of nitrogens with one attached hydrogen (secondary N) is 2. The molecule has 1 aliphatic carbocycles. The second-order valence-corrected chi connectivity index (χ2v) is 5.00. The molecule has 0 radical (unpaired) electrons. The van der Waals surface area contributed by atoms with Crippen molar-refractivity contribution in [2.45, 2.75) is 32.2 Å². The third kappa shape index (κ3) is 2.88. The van der Waals surface area contributed by atoms with Gasteiger partial charge in [0.25, 0.3) is 5.91 Å². The van der Waals surface area contributed by atoms with E-state index < -0.39 is 0 Å². The second-order valence-electron chi connectivity index (χ2n) is 4.59. The van der Waals surface area contributed by atoms with Crippen molar-refractivity contribution >= 4 is 23.3 Å². The first kappa shape index (κ1) is 12.2. The zero-order chi connectivity index (χ0) is 12.5. The Hall–Kier alpha value is -1.29. The standard InChI is InChI=1S/C12H16ClN3O/c1-3-14-10-6-8(9(13)7-15-10)11(17)16-12(2)4-5-12/h6-7H,3-5H2,1-2H3,(H,14,15)(H,16,17). The highest BCUT2D eigenvalue weighted by Gasteiger charge is 2.39. The Labute approximate surface area is 106 Å². The fourth-order valence-corrected chi connectivity index (χ4v) is 1.73. The molecule has 0 aliphatic heterocycles. The van der Waals surface area contributed by atoms with Gasteiger partial charge < -0.3 is 10.6 Å². The third-order valence-electron chi connectivity index (χ3n) is 2.87. The van der Waals surface area contributed by atoms with Crippen molar-refractivity contribution in [3.8, 4) is 0 Å². The van der Waals surface area contributed by atoms with E-state index in [4.69, 9.17) is 11.6 Å². The first-order valence-electron chi connectivity index (χ1n) is 5.76. The summed E-state index contributed by atoms with van der Waals surface area (Å²) in [6.07, 6.45) is 3.56. The highest BCUT2D eigenvalue weighted by atomic mass is 35.5. The van der Waals surface area contributed by atoms with E-state index in [0.29, 0.717) is 16.4 Å². The fraction of sp³-hybridized carbons (Fsp3) is 0.500. The molecule has 4 nitrogen and oxygen atoms in total. The number of nitrogens with zero attached hydrogens (tertiary/aromatic N) is 1. The first-order chi connectivity index (χ1) is 8.04. The summed E-state index contributed by atoms with van der Waals surface area (Å²) in [6, 6.07) is 1.69. The molecule has 0 saturated heterocycles. The molecule has 92 valence electrons. The van der Waals surface area contributed by atoms with Crippen molar-refractivity contribution in [1.82, 2.24) is 10.3 Å². The molecule has 0 spiro atoms. The van der Waals surface area contributed by atoms with Crippen molar-refractivity contribution in [1.29, 1.82) is 0 Å². The minimum Gasteiger partial charge on any atom is -0.370 e. The number of carbonyl (C=O) groups excluding carboxylic acids is 1. The Kier molecular flexibility index (Phi) is 3.24. The number of hydrogen-bond acceptors (Lipinski definition) is 3. The van der Waals surface area contributed by atoms with Crippen molar-refractivity contribution < 1.29 is 4.79 Å². The number of pyridine rings is 1. The Morgan fingerprint density at radius 2 is 2.29 bits per heavy atom. The van der Waals surface area contributed by atoms with E-state index in [2.05, 4.69) is 15.6 Å². The molecule has 1 heterocycles. The van der Waals surface area contributed by atoms with Gasteiger partial charge in [-0.3, -0.25) is 4.79 Å². The summed E-state index contributed by atoms with van der Waals surface area (Å²) in [6.45, 7) is 4.76. The van der Waals surface area contributed by atoms with Crippen LogP contribution in [0.1, 0.15) is 37.0 Å². The number of hydrogen-bond donors (Lipinski definition) is 2. The van der Waals surface area contributed by atoms with E-state index in [0.717, 1.165) is 19.4 Å². The molecule has 0 unspecified atom stereocenters. The lowest BCUT2D eigenvalue weighted by Gasteiger charge is -2.13. The molecule has 0 atom stereocenters. The van der Waals surface area contributed by atoms with Gasteiger partial charge in [0, 0.05) is 18.3 Å². The maximum absolute atomic E-state index is 12.0. The van der Waals surface area contributed by atoms with Crippen LogP contribution in [0, 0.1) is 0 Å². The number of aromatic nitrogens is 1. The van der Waals surface area contributed by atoms with E-state index in [-0.39, 0.29) is 11.4 Å². The summed E-state index contributed by atoms with van der Waals surface area (Å²) in [7, 11) is 0. The van der Waals surface area contributed by atoms with Crippen molar-refractivity contribution in [3.63, 3.8) is 0 Å². The van der Waals surface area contributed by atoms with Crippen LogP contribution in [0.5, 0.6) is 0 Å². The van der Waals surface area contributed by atoms with Crippen LogP contribution >= 0.6 is 11.6 Å². The van der Waals surface area contributed by atoms with Crippen molar-refractivity contribution in [2.75, 3.05) is 11.9 Å². The van der Waals surface area contributed by atoms with Crippen molar-refractivity contribution in [2.24, 2.45) is 0 Å². The summed E-state index contributed by atoms with van der Waals surface area (Å²) in [5.41, 5.74) is 0.438. The number of anilines is 1. The summed E-state index contributed by atoms with van der Waals surface area (Å²) in [5, 5.41) is 6.42. The van der Waals surface area contributed by atoms with Crippen LogP contribution < -0.4 is 10.6 Å². The quantitative estimate of drug-likeness (QED) is 0.867. The lowest BCUT2D eigenvalue weighted by atomic mass is 10.2. The van der Waals surface area contributed by atoms with Crippen LogP contribution in [-0.4, -0.2) is 23.0 Å².